The molecule has 360 valence electrons. The molecule has 0 aromatic carbocycles. The van der Waals surface area contributed by atoms with E-state index in [0.717, 1.165) is 69.2 Å². The largest absolute Gasteiger partial charge is 0.463 e. The average Bonchev–Trinajstić information content (AvgIpc) is 3.14. The van der Waals surface area contributed by atoms with Gasteiger partial charge in [0.1, 0.15) is 49.7 Å². The Balaban J connectivity index is 2.16. The van der Waals surface area contributed by atoms with Crippen LogP contribution in [0.4, 0.5) is 0 Å². The lowest BCUT2D eigenvalue weighted by Gasteiger charge is -2.49. The third-order valence-corrected chi connectivity index (χ3v) is 9.07. The lowest BCUT2D eigenvalue weighted by atomic mass is 9.94. The van der Waals surface area contributed by atoms with Gasteiger partial charge in [-0.25, -0.2) is 0 Å². The summed E-state index contributed by atoms with van der Waals surface area (Å²) in [5.41, 5.74) is 0. The second-order valence-corrected chi connectivity index (χ2v) is 14.6. The molecule has 0 bridgehead atoms. The average molecular weight is 923 g/mol. The maximum Gasteiger partial charge on any atom is 0.303 e. The highest BCUT2D eigenvalue weighted by molar-refractivity contribution is 5.74. The summed E-state index contributed by atoms with van der Waals surface area (Å²) >= 11 is 0. The first-order valence-corrected chi connectivity index (χ1v) is 19.6. The Labute approximate surface area is 365 Å². The topological polar surface area (TPSA) is 335 Å². The molecular weight excluding hydrogens is 868 g/mol. The number of esters is 8. The molecule has 3 N–H and O–H groups in total. The summed E-state index contributed by atoms with van der Waals surface area (Å²) in [6.07, 6.45) is -22.0. The van der Waals surface area contributed by atoms with E-state index in [0.29, 0.717) is 0 Å². The van der Waals surface area contributed by atoms with E-state index in [2.05, 4.69) is 10.6 Å². The predicted octanol–water partition coefficient (Wildman–Crippen LogP) is -2.72. The molecule has 3 heterocycles. The van der Waals surface area contributed by atoms with Crippen molar-refractivity contribution < 1.29 is 115 Å². The van der Waals surface area contributed by atoms with Gasteiger partial charge in [0.25, 0.3) is 0 Å². The van der Waals surface area contributed by atoms with Crippen LogP contribution in [0.1, 0.15) is 69.2 Å². The predicted molar refractivity (Wildman–Crippen MR) is 201 cm³/mol. The maximum atomic E-state index is 12.8. The fourth-order valence-corrected chi connectivity index (χ4v) is 7.01. The molecule has 15 atom stereocenters. The van der Waals surface area contributed by atoms with Crippen LogP contribution in [0.25, 0.3) is 0 Å². The monoisotopic (exact) mass is 922 g/mol. The van der Waals surface area contributed by atoms with Gasteiger partial charge in [-0.1, -0.05) is 0 Å². The van der Waals surface area contributed by atoms with E-state index in [1.165, 1.54) is 0 Å². The van der Waals surface area contributed by atoms with Gasteiger partial charge < -0.3 is 77.3 Å². The first-order valence-electron chi connectivity index (χ1n) is 19.6. The quantitative estimate of drug-likeness (QED) is 0.0985. The normalized spacial score (nSPS) is 32.3. The smallest absolute Gasteiger partial charge is 0.303 e. The Hall–Kier alpha value is -5.54. The van der Waals surface area contributed by atoms with E-state index in [-0.39, 0.29) is 0 Å². The van der Waals surface area contributed by atoms with Crippen LogP contribution in [0.15, 0.2) is 0 Å². The zero-order chi connectivity index (χ0) is 48.2. The Morgan fingerprint density at radius 3 is 1.20 bits per heavy atom. The molecule has 3 saturated heterocycles. The number of aliphatic hydroxyl groups is 1. The standard InChI is InChI=1S/C38H54N2O24/c1-14(41)39-27-32(64-38-35(60-23(10)50)34(59-22(9)49)31(57-20(7)47)26(63-38)12-53-17(4)44)29(55-18(5)45)24(61-36(27)51)13-54-37-28(40-15(2)42)33(58-21(8)48)30(56-19(6)46)25(62-37)11-52-16(3)43/h24-38,51H,11-13H2,1-10H3,(H,39,41)(H,40,42)/t24?,25?,26?,27-,28-,29-,30+,31-,32+,33+,34-,35-,36-,37+,38-/m0/s1. The minimum Gasteiger partial charge on any atom is -0.463 e. The Morgan fingerprint density at radius 2 is 0.766 bits per heavy atom. The highest BCUT2D eigenvalue weighted by Crippen LogP contribution is 2.35. The number of hydrogen-bond donors (Lipinski definition) is 3. The first-order chi connectivity index (χ1) is 29.9. The molecule has 0 aliphatic carbocycles. The lowest BCUT2D eigenvalue weighted by Crippen LogP contribution is -2.69. The molecule has 3 aliphatic heterocycles. The number of amides is 2. The minimum atomic E-state index is -2.04. The number of rotatable bonds is 17. The molecule has 0 radical (unpaired) electrons. The molecule has 0 spiro atoms. The van der Waals surface area contributed by atoms with E-state index >= 15 is 0 Å². The number of carbonyl (C=O) groups is 10. The molecule has 2 amide bonds. The first kappa shape index (κ1) is 52.8. The van der Waals surface area contributed by atoms with Crippen LogP contribution in [0.2, 0.25) is 0 Å². The van der Waals surface area contributed by atoms with Gasteiger partial charge in [-0.05, 0) is 0 Å². The van der Waals surface area contributed by atoms with Gasteiger partial charge in [0, 0.05) is 69.2 Å². The van der Waals surface area contributed by atoms with Crippen molar-refractivity contribution in [3.8, 4) is 0 Å². The summed E-state index contributed by atoms with van der Waals surface area (Å²) < 4.78 is 73.4. The van der Waals surface area contributed by atoms with Gasteiger partial charge in [-0.2, -0.15) is 0 Å². The van der Waals surface area contributed by atoms with E-state index < -0.39 is 171 Å². The summed E-state index contributed by atoms with van der Waals surface area (Å²) in [5, 5.41) is 16.4. The van der Waals surface area contributed by atoms with Crippen molar-refractivity contribution in [1.82, 2.24) is 10.6 Å². The number of hydrogen-bond acceptors (Lipinski definition) is 24. The summed E-state index contributed by atoms with van der Waals surface area (Å²) in [7, 11) is 0. The molecule has 64 heavy (non-hydrogen) atoms. The van der Waals surface area contributed by atoms with Crippen molar-refractivity contribution in [3.05, 3.63) is 0 Å². The molecule has 26 nitrogen and oxygen atoms in total. The molecule has 0 aromatic heterocycles. The molecule has 0 aromatic rings. The fraction of sp³-hybridized carbons (Fsp3) is 0.737. The van der Waals surface area contributed by atoms with E-state index in [4.69, 9.17) is 61.6 Å². The van der Waals surface area contributed by atoms with Crippen molar-refractivity contribution in [2.24, 2.45) is 0 Å². The summed E-state index contributed by atoms with van der Waals surface area (Å²) in [6, 6.07) is -3.13. The van der Waals surface area contributed by atoms with Crippen molar-refractivity contribution in [2.75, 3.05) is 19.8 Å². The van der Waals surface area contributed by atoms with Crippen molar-refractivity contribution in [3.63, 3.8) is 0 Å². The fourth-order valence-electron chi connectivity index (χ4n) is 7.01. The zero-order valence-electron chi connectivity index (χ0n) is 36.6. The third-order valence-electron chi connectivity index (χ3n) is 9.07. The van der Waals surface area contributed by atoms with Crippen LogP contribution in [0.3, 0.4) is 0 Å². The van der Waals surface area contributed by atoms with Gasteiger partial charge in [0.2, 0.25) is 11.8 Å². The maximum absolute atomic E-state index is 12.8. The van der Waals surface area contributed by atoms with Gasteiger partial charge >= 0.3 is 47.8 Å². The SMILES string of the molecule is CC(=O)N[C@@H]1[C@H](OCC2O[C@H](O)[C@@H](NC(C)=O)[C@@H](O[C@@H]3OC(COC(C)=O)[C@H](OC(C)=O)[C@H](OC(C)=O)[C@@H]3OC(C)=O)[C@H]2OC(C)=O)OC(COC(C)=O)[C@@H](OC(C)=O)[C@@H]1OC(C)=O. The zero-order valence-corrected chi connectivity index (χ0v) is 36.6. The van der Waals surface area contributed by atoms with Crippen LogP contribution in [-0.2, 0) is 110 Å². The molecular formula is C38H54N2O24. The van der Waals surface area contributed by atoms with Gasteiger partial charge in [0.05, 0.1) is 6.61 Å². The molecule has 26 heteroatoms. The third kappa shape index (κ3) is 15.6. The highest BCUT2D eigenvalue weighted by atomic mass is 16.8. The molecule has 3 aliphatic rings. The highest BCUT2D eigenvalue weighted by Gasteiger charge is 2.58. The van der Waals surface area contributed by atoms with Crippen molar-refractivity contribution >= 4 is 59.6 Å². The summed E-state index contributed by atoms with van der Waals surface area (Å²) in [4.78, 5) is 123. The number of nitrogens with one attached hydrogen (secondary N) is 2. The number of aliphatic hydroxyl groups excluding tert-OH is 1. The van der Waals surface area contributed by atoms with Crippen LogP contribution >= 0.6 is 0 Å². The van der Waals surface area contributed by atoms with E-state index in [1.807, 2.05) is 0 Å². The second kappa shape index (κ2) is 23.9. The van der Waals surface area contributed by atoms with Gasteiger partial charge in [0.15, 0.2) is 55.5 Å². The van der Waals surface area contributed by atoms with Gasteiger partial charge in [-0.15, -0.1) is 0 Å². The molecule has 0 saturated carbocycles. The number of carbonyl (C=O) groups excluding carboxylic acids is 10. The molecule has 3 unspecified atom stereocenters. The van der Waals surface area contributed by atoms with Crippen LogP contribution < -0.4 is 10.6 Å². The Kier molecular flexibility index (Phi) is 19.8. The van der Waals surface area contributed by atoms with Crippen LogP contribution in [-0.4, -0.2) is 176 Å². The van der Waals surface area contributed by atoms with Crippen LogP contribution in [0.5, 0.6) is 0 Å². The summed E-state index contributed by atoms with van der Waals surface area (Å²) in [5.74, 6) is -8.71. The van der Waals surface area contributed by atoms with Crippen molar-refractivity contribution in [1.29, 1.82) is 0 Å². The van der Waals surface area contributed by atoms with Crippen molar-refractivity contribution in [2.45, 2.75) is 161 Å². The van der Waals surface area contributed by atoms with Crippen LogP contribution in [0, 0.1) is 0 Å². The Bertz CT molecular complexity index is 1740. The molecule has 3 fully saturated rings. The molecule has 3 rings (SSSR count). The lowest BCUT2D eigenvalue weighted by molar-refractivity contribution is -0.348. The minimum absolute atomic E-state index is 0.587. The summed E-state index contributed by atoms with van der Waals surface area (Å²) in [6.45, 7) is 8.30. The Morgan fingerprint density at radius 1 is 0.406 bits per heavy atom. The van der Waals surface area contributed by atoms with E-state index in [9.17, 15) is 53.1 Å². The number of ether oxygens (including phenoxy) is 13. The second-order valence-electron chi connectivity index (χ2n) is 14.6. The van der Waals surface area contributed by atoms with E-state index in [1.54, 1.807) is 0 Å². The van der Waals surface area contributed by atoms with Gasteiger partial charge in [-0.3, -0.25) is 47.9 Å².